The molecule has 0 aromatic rings. The summed E-state index contributed by atoms with van der Waals surface area (Å²) in [6.07, 6.45) is 2.13. The van der Waals surface area contributed by atoms with E-state index in [2.05, 4.69) is 10.2 Å². The molecule has 1 N–H and O–H groups in total. The Balaban J connectivity index is 1.99. The van der Waals surface area contributed by atoms with Crippen molar-refractivity contribution in [2.24, 2.45) is 0 Å². The van der Waals surface area contributed by atoms with E-state index in [9.17, 15) is 9.59 Å². The highest BCUT2D eigenvalue weighted by atomic mass is 16.5. The number of hydrogen-bond acceptors (Lipinski definition) is 4. The lowest BCUT2D eigenvalue weighted by Crippen LogP contribution is -2.41. The molecule has 1 heterocycles. The summed E-state index contributed by atoms with van der Waals surface area (Å²) in [4.78, 5) is 23.3. The summed E-state index contributed by atoms with van der Waals surface area (Å²) in [6.45, 7) is 4.88. The molecule has 1 rings (SSSR count). The fourth-order valence-corrected chi connectivity index (χ4v) is 1.43. The molecule has 1 fully saturated rings. The van der Waals surface area contributed by atoms with Gasteiger partial charge in [-0.2, -0.15) is 0 Å². The van der Waals surface area contributed by atoms with Gasteiger partial charge in [0.25, 0.3) is 0 Å². The van der Waals surface area contributed by atoms with Crippen molar-refractivity contribution in [1.29, 1.82) is 0 Å². The minimum absolute atomic E-state index is 0.0772. The number of ether oxygens (including phenoxy) is 1. The average molecular weight is 213 g/mol. The number of carbonyl (C=O) groups excluding carboxylic acids is 2. The van der Waals surface area contributed by atoms with Gasteiger partial charge in [0.05, 0.1) is 13.2 Å². The summed E-state index contributed by atoms with van der Waals surface area (Å²) in [6, 6.07) is 0. The van der Waals surface area contributed by atoms with Crippen molar-refractivity contribution in [3.63, 3.8) is 0 Å². The second-order valence-corrected chi connectivity index (χ2v) is 3.45. The first kappa shape index (κ1) is 12.1. The molecule has 0 aromatic heterocycles. The smallest absolute Gasteiger partial charge is 0.220 e. The second-order valence-electron chi connectivity index (χ2n) is 3.45. The molecule has 0 unspecified atom stereocenters. The van der Waals surface area contributed by atoms with E-state index >= 15 is 0 Å². The SMILES string of the molecule is O=[C]CCC(=O)NCCN1CCOCC1. The van der Waals surface area contributed by atoms with Crippen molar-refractivity contribution in [3.8, 4) is 0 Å². The summed E-state index contributed by atoms with van der Waals surface area (Å²) in [5.74, 6) is -0.0772. The molecule has 1 aliphatic rings. The van der Waals surface area contributed by atoms with Gasteiger partial charge in [-0.1, -0.05) is 0 Å². The van der Waals surface area contributed by atoms with Crippen LogP contribution in [-0.4, -0.2) is 56.5 Å². The van der Waals surface area contributed by atoms with Crippen LogP contribution in [0, 0.1) is 0 Å². The van der Waals surface area contributed by atoms with Crippen LogP contribution in [0.3, 0.4) is 0 Å². The minimum Gasteiger partial charge on any atom is -0.379 e. The van der Waals surface area contributed by atoms with Gasteiger partial charge in [-0.25, -0.2) is 0 Å². The van der Waals surface area contributed by atoms with Crippen LogP contribution in [0.2, 0.25) is 0 Å². The first-order chi connectivity index (χ1) is 7.33. The molecule has 1 radical (unpaired) electrons. The Bertz CT molecular complexity index is 203. The molecule has 0 spiro atoms. The molecular weight excluding hydrogens is 196 g/mol. The lowest BCUT2D eigenvalue weighted by Gasteiger charge is -2.26. The molecule has 15 heavy (non-hydrogen) atoms. The number of nitrogens with one attached hydrogen (secondary N) is 1. The number of morpholine rings is 1. The van der Waals surface area contributed by atoms with Gasteiger partial charge >= 0.3 is 0 Å². The van der Waals surface area contributed by atoms with Gasteiger partial charge in [0.1, 0.15) is 0 Å². The van der Waals surface area contributed by atoms with Gasteiger partial charge in [-0.05, 0) is 0 Å². The Kier molecular flexibility index (Phi) is 5.96. The fourth-order valence-electron chi connectivity index (χ4n) is 1.43. The molecule has 1 aliphatic heterocycles. The largest absolute Gasteiger partial charge is 0.379 e. The molecule has 0 atom stereocenters. The molecule has 1 amide bonds. The van der Waals surface area contributed by atoms with Crippen molar-refractivity contribution in [2.45, 2.75) is 12.8 Å². The van der Waals surface area contributed by atoms with Crippen LogP contribution in [0.4, 0.5) is 0 Å². The molecule has 0 bridgehead atoms. The maximum absolute atomic E-state index is 11.1. The third kappa shape index (κ3) is 5.49. The first-order valence-corrected chi connectivity index (χ1v) is 5.24. The van der Waals surface area contributed by atoms with Crippen molar-refractivity contribution >= 4 is 12.2 Å². The quantitative estimate of drug-likeness (QED) is 0.635. The highest BCUT2D eigenvalue weighted by Crippen LogP contribution is 1.94. The first-order valence-electron chi connectivity index (χ1n) is 5.24. The lowest BCUT2D eigenvalue weighted by molar-refractivity contribution is -0.121. The third-order valence-electron chi connectivity index (χ3n) is 2.31. The van der Waals surface area contributed by atoms with Crippen molar-refractivity contribution in [1.82, 2.24) is 10.2 Å². The standard InChI is InChI=1S/C10H17N2O3/c13-7-1-2-10(14)11-3-4-12-5-8-15-9-6-12/h1-6,8-9H2,(H,11,14). The number of hydrogen-bond donors (Lipinski definition) is 1. The Morgan fingerprint density at radius 2 is 2.13 bits per heavy atom. The van der Waals surface area contributed by atoms with Gasteiger partial charge in [0.2, 0.25) is 5.91 Å². The summed E-state index contributed by atoms with van der Waals surface area (Å²) >= 11 is 0. The summed E-state index contributed by atoms with van der Waals surface area (Å²) in [5.41, 5.74) is 0. The van der Waals surface area contributed by atoms with E-state index in [4.69, 9.17) is 4.74 Å². The summed E-state index contributed by atoms with van der Waals surface area (Å²) in [7, 11) is 0. The predicted octanol–water partition coefficient (Wildman–Crippen LogP) is -0.675. The second kappa shape index (κ2) is 7.36. The minimum atomic E-state index is -0.0772. The van der Waals surface area contributed by atoms with Crippen LogP contribution < -0.4 is 5.32 Å². The van der Waals surface area contributed by atoms with Gasteiger partial charge < -0.3 is 10.1 Å². The van der Waals surface area contributed by atoms with E-state index < -0.39 is 0 Å². The normalized spacial score (nSPS) is 17.3. The predicted molar refractivity (Wildman–Crippen MR) is 55.2 cm³/mol. The monoisotopic (exact) mass is 213 g/mol. The van der Waals surface area contributed by atoms with E-state index in [0.717, 1.165) is 32.8 Å². The van der Waals surface area contributed by atoms with Gasteiger partial charge in [0.15, 0.2) is 6.29 Å². The van der Waals surface area contributed by atoms with Gasteiger partial charge in [-0.3, -0.25) is 14.5 Å². The van der Waals surface area contributed by atoms with E-state index in [1.165, 1.54) is 0 Å². The Morgan fingerprint density at radius 1 is 1.40 bits per heavy atom. The van der Waals surface area contributed by atoms with Crippen molar-refractivity contribution in [3.05, 3.63) is 0 Å². The molecule has 5 heteroatoms. The molecule has 1 saturated heterocycles. The number of rotatable bonds is 6. The maximum atomic E-state index is 11.1. The highest BCUT2D eigenvalue weighted by molar-refractivity contribution is 5.78. The van der Waals surface area contributed by atoms with Crippen LogP contribution in [0.25, 0.3) is 0 Å². The van der Waals surface area contributed by atoms with Gasteiger partial charge in [0, 0.05) is 39.0 Å². The molecule has 5 nitrogen and oxygen atoms in total. The lowest BCUT2D eigenvalue weighted by atomic mass is 10.3. The molecular formula is C10H17N2O3. The van der Waals surface area contributed by atoms with Crippen molar-refractivity contribution < 1.29 is 14.3 Å². The Labute approximate surface area is 89.8 Å². The Hall–Kier alpha value is -0.940. The molecule has 0 aromatic carbocycles. The topological polar surface area (TPSA) is 58.6 Å². The van der Waals surface area contributed by atoms with Crippen LogP contribution in [0.5, 0.6) is 0 Å². The highest BCUT2D eigenvalue weighted by Gasteiger charge is 2.09. The van der Waals surface area contributed by atoms with E-state index in [-0.39, 0.29) is 18.7 Å². The maximum Gasteiger partial charge on any atom is 0.220 e. The zero-order valence-electron chi connectivity index (χ0n) is 8.83. The Morgan fingerprint density at radius 3 is 2.80 bits per heavy atom. The average Bonchev–Trinajstić information content (AvgIpc) is 2.28. The zero-order chi connectivity index (χ0) is 10.9. The van der Waals surface area contributed by atoms with Crippen LogP contribution >= 0.6 is 0 Å². The van der Waals surface area contributed by atoms with Crippen LogP contribution in [0.15, 0.2) is 0 Å². The van der Waals surface area contributed by atoms with E-state index in [0.29, 0.717) is 6.54 Å². The van der Waals surface area contributed by atoms with E-state index in [1.54, 1.807) is 6.29 Å². The van der Waals surface area contributed by atoms with Crippen LogP contribution in [-0.2, 0) is 14.3 Å². The van der Waals surface area contributed by atoms with Crippen LogP contribution in [0.1, 0.15) is 12.8 Å². The number of amides is 1. The summed E-state index contributed by atoms with van der Waals surface area (Å²) < 4.78 is 5.21. The third-order valence-corrected chi connectivity index (χ3v) is 2.31. The molecule has 0 saturated carbocycles. The summed E-state index contributed by atoms with van der Waals surface area (Å²) in [5, 5.41) is 2.76. The van der Waals surface area contributed by atoms with Crippen molar-refractivity contribution in [2.75, 3.05) is 39.4 Å². The number of carbonyl (C=O) groups is 1. The van der Waals surface area contributed by atoms with E-state index in [1.807, 2.05) is 0 Å². The zero-order valence-corrected chi connectivity index (χ0v) is 8.83. The van der Waals surface area contributed by atoms with Gasteiger partial charge in [-0.15, -0.1) is 0 Å². The fraction of sp³-hybridized carbons (Fsp3) is 0.800. The molecule has 0 aliphatic carbocycles. The molecule has 85 valence electrons. The number of nitrogens with zero attached hydrogens (tertiary/aromatic N) is 1.